The van der Waals surface area contributed by atoms with Crippen LogP contribution in [0.5, 0.6) is 5.75 Å². The Kier molecular flexibility index (Phi) is 4.34. The Hall–Kier alpha value is -2.34. The van der Waals surface area contributed by atoms with Gasteiger partial charge in [0.15, 0.2) is 0 Å². The molecular weight excluding hydrogens is 298 g/mol. The maximum Gasteiger partial charge on any atom is 0.310 e. The monoisotopic (exact) mass is 317 g/mol. The van der Waals surface area contributed by atoms with E-state index in [1.165, 1.54) is 0 Å². The fraction of sp³-hybridized carbons (Fsp3) is 0.412. The molecule has 1 fully saturated rings. The topological polar surface area (TPSA) is 84.9 Å². The first-order valence-electron chi connectivity index (χ1n) is 7.57. The molecule has 1 amide bonds. The van der Waals surface area contributed by atoms with Crippen molar-refractivity contribution in [1.82, 2.24) is 5.32 Å². The molecule has 2 N–H and O–H groups in total. The number of methoxy groups -OCH3 is 1. The third-order valence-electron chi connectivity index (χ3n) is 4.36. The standard InChI is InChI=1S/C17H19NO5/c1-22-11-4-2-10(3-5-11)8-9-18-16(19)14-12-6-7-13(23-12)15(14)17(20)21/h2-7,12-15H,8-9H2,1H3,(H,18,19)(H,20,21). The first-order valence-corrected chi connectivity index (χ1v) is 7.57. The first kappa shape index (κ1) is 15.6. The molecule has 23 heavy (non-hydrogen) atoms. The van der Waals surface area contributed by atoms with Crippen molar-refractivity contribution in [2.45, 2.75) is 18.6 Å². The molecule has 0 spiro atoms. The van der Waals surface area contributed by atoms with Crippen LogP contribution in [0.2, 0.25) is 0 Å². The van der Waals surface area contributed by atoms with Gasteiger partial charge in [0.2, 0.25) is 5.91 Å². The summed E-state index contributed by atoms with van der Waals surface area (Å²) >= 11 is 0. The lowest BCUT2D eigenvalue weighted by atomic mass is 9.82. The summed E-state index contributed by atoms with van der Waals surface area (Å²) in [5, 5.41) is 12.1. The van der Waals surface area contributed by atoms with E-state index in [0.717, 1.165) is 11.3 Å². The van der Waals surface area contributed by atoms with E-state index in [0.29, 0.717) is 13.0 Å². The second-order valence-electron chi connectivity index (χ2n) is 5.73. The zero-order valence-corrected chi connectivity index (χ0v) is 12.8. The molecule has 0 aliphatic carbocycles. The molecule has 2 bridgehead atoms. The van der Waals surface area contributed by atoms with E-state index in [4.69, 9.17) is 9.47 Å². The number of amides is 1. The summed E-state index contributed by atoms with van der Waals surface area (Å²) < 4.78 is 10.6. The van der Waals surface area contributed by atoms with Crippen LogP contribution in [-0.4, -0.2) is 42.8 Å². The molecule has 4 unspecified atom stereocenters. The minimum absolute atomic E-state index is 0.261. The largest absolute Gasteiger partial charge is 0.497 e. The molecule has 1 aromatic rings. The van der Waals surface area contributed by atoms with Crippen molar-refractivity contribution in [3.05, 3.63) is 42.0 Å². The molecule has 122 valence electrons. The molecule has 3 rings (SSSR count). The first-order chi connectivity index (χ1) is 11.1. The molecule has 2 aliphatic heterocycles. The van der Waals surface area contributed by atoms with E-state index >= 15 is 0 Å². The van der Waals surface area contributed by atoms with Crippen molar-refractivity contribution >= 4 is 11.9 Å². The molecular formula is C17H19NO5. The summed E-state index contributed by atoms with van der Waals surface area (Å²) in [7, 11) is 1.61. The second kappa shape index (κ2) is 6.42. The molecule has 0 aromatic heterocycles. The summed E-state index contributed by atoms with van der Waals surface area (Å²) in [5.41, 5.74) is 1.07. The van der Waals surface area contributed by atoms with Gasteiger partial charge in [-0.25, -0.2) is 0 Å². The Morgan fingerprint density at radius 1 is 1.17 bits per heavy atom. The van der Waals surface area contributed by atoms with Crippen molar-refractivity contribution in [2.75, 3.05) is 13.7 Å². The molecule has 1 aromatic carbocycles. The van der Waals surface area contributed by atoms with Gasteiger partial charge in [-0.1, -0.05) is 24.3 Å². The molecule has 0 radical (unpaired) electrons. The summed E-state index contributed by atoms with van der Waals surface area (Å²) in [6.07, 6.45) is 3.25. The van der Waals surface area contributed by atoms with Gasteiger partial charge in [-0.05, 0) is 24.1 Å². The van der Waals surface area contributed by atoms with Crippen molar-refractivity contribution in [3.63, 3.8) is 0 Å². The minimum Gasteiger partial charge on any atom is -0.497 e. The zero-order chi connectivity index (χ0) is 16.4. The summed E-state index contributed by atoms with van der Waals surface area (Å²) in [5.74, 6) is -1.92. The van der Waals surface area contributed by atoms with Crippen LogP contribution in [0.15, 0.2) is 36.4 Å². The maximum atomic E-state index is 12.3. The van der Waals surface area contributed by atoms with Gasteiger partial charge in [0.05, 0.1) is 25.2 Å². The Morgan fingerprint density at radius 2 is 1.83 bits per heavy atom. The number of nitrogens with one attached hydrogen (secondary N) is 1. The fourth-order valence-corrected chi connectivity index (χ4v) is 3.16. The number of aliphatic carboxylic acids is 1. The van der Waals surface area contributed by atoms with E-state index in [1.807, 2.05) is 24.3 Å². The number of benzene rings is 1. The van der Waals surface area contributed by atoms with Gasteiger partial charge in [-0.15, -0.1) is 0 Å². The molecule has 2 aliphatic rings. The Labute approximate surface area is 134 Å². The van der Waals surface area contributed by atoms with E-state index < -0.39 is 30.0 Å². The number of carboxylic acid groups (broad SMARTS) is 1. The van der Waals surface area contributed by atoms with Gasteiger partial charge in [0.25, 0.3) is 0 Å². The van der Waals surface area contributed by atoms with Crippen molar-refractivity contribution in [3.8, 4) is 5.75 Å². The summed E-state index contributed by atoms with van der Waals surface area (Å²) in [4.78, 5) is 23.7. The van der Waals surface area contributed by atoms with Gasteiger partial charge in [-0.2, -0.15) is 0 Å². The van der Waals surface area contributed by atoms with E-state index in [9.17, 15) is 14.7 Å². The third kappa shape index (κ3) is 3.07. The fourth-order valence-electron chi connectivity index (χ4n) is 3.16. The van der Waals surface area contributed by atoms with Crippen LogP contribution >= 0.6 is 0 Å². The number of carbonyl (C=O) groups is 2. The predicted octanol–water partition coefficient (Wildman–Crippen LogP) is 1.01. The third-order valence-corrected chi connectivity index (χ3v) is 4.36. The predicted molar refractivity (Wildman–Crippen MR) is 82.1 cm³/mol. The average molecular weight is 317 g/mol. The highest BCUT2D eigenvalue weighted by molar-refractivity contribution is 5.87. The Bertz CT molecular complexity index is 624. The number of rotatable bonds is 6. The van der Waals surface area contributed by atoms with Crippen LogP contribution in [0.1, 0.15) is 5.56 Å². The van der Waals surface area contributed by atoms with Gasteiger partial charge in [0.1, 0.15) is 11.7 Å². The molecule has 2 heterocycles. The van der Waals surface area contributed by atoms with Gasteiger partial charge >= 0.3 is 5.97 Å². The SMILES string of the molecule is COc1ccc(CCNC(=O)C2C3C=CC(O3)C2C(=O)O)cc1. The number of carbonyl (C=O) groups excluding carboxylic acids is 1. The molecule has 1 saturated heterocycles. The normalized spacial score (nSPS) is 27.9. The molecule has 4 atom stereocenters. The van der Waals surface area contributed by atoms with E-state index in [2.05, 4.69) is 5.32 Å². The smallest absolute Gasteiger partial charge is 0.310 e. The van der Waals surface area contributed by atoms with Gasteiger partial charge < -0.3 is 19.9 Å². The Morgan fingerprint density at radius 3 is 2.43 bits per heavy atom. The molecule has 0 saturated carbocycles. The van der Waals surface area contributed by atoms with Crippen LogP contribution in [0, 0.1) is 11.8 Å². The number of carboxylic acids is 1. The van der Waals surface area contributed by atoms with Crippen LogP contribution in [0.25, 0.3) is 0 Å². The highest BCUT2D eigenvalue weighted by Crippen LogP contribution is 2.39. The number of fused-ring (bicyclic) bond motifs is 2. The quantitative estimate of drug-likeness (QED) is 0.765. The van der Waals surface area contributed by atoms with E-state index in [1.54, 1.807) is 19.3 Å². The van der Waals surface area contributed by atoms with Gasteiger partial charge in [-0.3, -0.25) is 9.59 Å². The highest BCUT2D eigenvalue weighted by atomic mass is 16.5. The number of hydrogen-bond acceptors (Lipinski definition) is 4. The lowest BCUT2D eigenvalue weighted by Gasteiger charge is -2.21. The zero-order valence-electron chi connectivity index (χ0n) is 12.8. The van der Waals surface area contributed by atoms with Crippen molar-refractivity contribution in [1.29, 1.82) is 0 Å². The highest BCUT2D eigenvalue weighted by Gasteiger charge is 2.53. The second-order valence-corrected chi connectivity index (χ2v) is 5.73. The van der Waals surface area contributed by atoms with E-state index in [-0.39, 0.29) is 5.91 Å². The maximum absolute atomic E-state index is 12.3. The average Bonchev–Trinajstić information content (AvgIpc) is 3.16. The van der Waals surface area contributed by atoms with Crippen LogP contribution < -0.4 is 10.1 Å². The lowest BCUT2D eigenvalue weighted by Crippen LogP contribution is -2.43. The molecule has 6 nitrogen and oxygen atoms in total. The minimum atomic E-state index is -0.989. The van der Waals surface area contributed by atoms with Crippen molar-refractivity contribution in [2.24, 2.45) is 11.8 Å². The van der Waals surface area contributed by atoms with Crippen LogP contribution in [0.4, 0.5) is 0 Å². The summed E-state index contributed by atoms with van der Waals surface area (Å²) in [6, 6.07) is 7.61. The van der Waals surface area contributed by atoms with Gasteiger partial charge in [0, 0.05) is 6.54 Å². The summed E-state index contributed by atoms with van der Waals surface area (Å²) in [6.45, 7) is 0.453. The Balaban J connectivity index is 1.54. The van der Waals surface area contributed by atoms with Crippen LogP contribution in [-0.2, 0) is 20.7 Å². The number of ether oxygens (including phenoxy) is 2. The molecule has 6 heteroatoms. The van der Waals surface area contributed by atoms with Crippen LogP contribution in [0.3, 0.4) is 0 Å². The number of hydrogen-bond donors (Lipinski definition) is 2. The lowest BCUT2D eigenvalue weighted by molar-refractivity contribution is -0.146. The van der Waals surface area contributed by atoms with Crippen molar-refractivity contribution < 1.29 is 24.2 Å².